The summed E-state index contributed by atoms with van der Waals surface area (Å²) in [5.74, 6) is 0.547. The standard InChI is InChI=1S/C17H14Cl2O2/c1-10-3-2-4-12-8-16(21-17(10)12)15(20)7-11-5-6-13(18)9-14(11)19/h2-6,8-9,15,20H,7H2,1H3. The second-order valence-corrected chi connectivity index (χ2v) is 5.94. The fourth-order valence-corrected chi connectivity index (χ4v) is 2.87. The lowest BCUT2D eigenvalue weighted by molar-refractivity contribution is 0.152. The van der Waals surface area contributed by atoms with Gasteiger partial charge in [-0.15, -0.1) is 0 Å². The zero-order chi connectivity index (χ0) is 15.0. The molecule has 0 saturated carbocycles. The first-order chi connectivity index (χ1) is 10.0. The first-order valence-electron chi connectivity index (χ1n) is 6.65. The van der Waals surface area contributed by atoms with Crippen molar-refractivity contribution in [3.63, 3.8) is 0 Å². The zero-order valence-electron chi connectivity index (χ0n) is 11.4. The number of hydrogen-bond acceptors (Lipinski definition) is 2. The van der Waals surface area contributed by atoms with Crippen molar-refractivity contribution in [2.75, 3.05) is 0 Å². The van der Waals surface area contributed by atoms with Crippen molar-refractivity contribution in [2.45, 2.75) is 19.4 Å². The van der Waals surface area contributed by atoms with Gasteiger partial charge in [-0.3, -0.25) is 0 Å². The highest BCUT2D eigenvalue weighted by molar-refractivity contribution is 6.35. The van der Waals surface area contributed by atoms with Crippen LogP contribution in [0.3, 0.4) is 0 Å². The minimum absolute atomic E-state index is 0.384. The van der Waals surface area contributed by atoms with E-state index in [1.165, 1.54) is 0 Å². The Hall–Kier alpha value is -1.48. The molecule has 0 aliphatic rings. The average molecular weight is 321 g/mol. The van der Waals surface area contributed by atoms with E-state index in [9.17, 15) is 5.11 Å². The Bertz CT molecular complexity index is 793. The van der Waals surface area contributed by atoms with E-state index in [0.29, 0.717) is 22.2 Å². The molecule has 1 unspecified atom stereocenters. The van der Waals surface area contributed by atoms with E-state index in [1.54, 1.807) is 12.1 Å². The van der Waals surface area contributed by atoms with Crippen LogP contribution in [-0.4, -0.2) is 5.11 Å². The van der Waals surface area contributed by atoms with Crippen molar-refractivity contribution in [2.24, 2.45) is 0 Å². The molecule has 3 aromatic rings. The molecule has 1 N–H and O–H groups in total. The van der Waals surface area contributed by atoms with E-state index in [2.05, 4.69) is 0 Å². The lowest BCUT2D eigenvalue weighted by Crippen LogP contribution is -2.00. The molecule has 4 heteroatoms. The Kier molecular flexibility index (Phi) is 3.94. The van der Waals surface area contributed by atoms with Gasteiger partial charge in [-0.1, -0.05) is 47.5 Å². The number of fused-ring (bicyclic) bond motifs is 1. The minimum Gasteiger partial charge on any atom is -0.458 e. The maximum atomic E-state index is 10.4. The summed E-state index contributed by atoms with van der Waals surface area (Å²) >= 11 is 12.0. The molecule has 0 spiro atoms. The van der Waals surface area contributed by atoms with Gasteiger partial charge in [0.1, 0.15) is 17.4 Å². The van der Waals surface area contributed by atoms with Crippen molar-refractivity contribution >= 4 is 34.2 Å². The van der Waals surface area contributed by atoms with Crippen molar-refractivity contribution in [1.82, 2.24) is 0 Å². The quantitative estimate of drug-likeness (QED) is 0.708. The molecule has 0 aliphatic heterocycles. The summed E-state index contributed by atoms with van der Waals surface area (Å²) in [6, 6.07) is 13.1. The molecule has 1 heterocycles. The van der Waals surface area contributed by atoms with Gasteiger partial charge in [0.05, 0.1) is 0 Å². The highest BCUT2D eigenvalue weighted by Crippen LogP contribution is 2.30. The van der Waals surface area contributed by atoms with Gasteiger partial charge in [0, 0.05) is 21.9 Å². The zero-order valence-corrected chi connectivity index (χ0v) is 12.9. The van der Waals surface area contributed by atoms with Crippen LogP contribution < -0.4 is 0 Å². The Morgan fingerprint density at radius 3 is 2.67 bits per heavy atom. The summed E-state index contributed by atoms with van der Waals surface area (Å²) in [6.07, 6.45) is -0.356. The van der Waals surface area contributed by atoms with Crippen molar-refractivity contribution in [1.29, 1.82) is 0 Å². The van der Waals surface area contributed by atoms with Crippen LogP contribution in [0.5, 0.6) is 0 Å². The van der Waals surface area contributed by atoms with E-state index in [4.69, 9.17) is 27.6 Å². The van der Waals surface area contributed by atoms with Gasteiger partial charge in [0.25, 0.3) is 0 Å². The number of rotatable bonds is 3. The van der Waals surface area contributed by atoms with E-state index >= 15 is 0 Å². The van der Waals surface area contributed by atoms with E-state index in [0.717, 1.165) is 22.1 Å². The van der Waals surface area contributed by atoms with Crippen LogP contribution in [0.2, 0.25) is 10.0 Å². The third kappa shape index (κ3) is 2.93. The van der Waals surface area contributed by atoms with Crippen molar-refractivity contribution in [3.8, 4) is 0 Å². The van der Waals surface area contributed by atoms with E-state index < -0.39 is 6.10 Å². The van der Waals surface area contributed by atoms with Gasteiger partial charge < -0.3 is 9.52 Å². The summed E-state index contributed by atoms with van der Waals surface area (Å²) in [5, 5.41) is 12.5. The number of aliphatic hydroxyl groups is 1. The molecule has 0 fully saturated rings. The molecule has 21 heavy (non-hydrogen) atoms. The fraction of sp³-hybridized carbons (Fsp3) is 0.176. The maximum Gasteiger partial charge on any atom is 0.137 e. The van der Waals surface area contributed by atoms with Crippen molar-refractivity contribution in [3.05, 3.63) is 69.4 Å². The number of hydrogen-bond donors (Lipinski definition) is 1. The van der Waals surface area contributed by atoms with E-state index in [-0.39, 0.29) is 0 Å². The molecule has 0 bridgehead atoms. The molecule has 0 radical (unpaired) electrons. The average Bonchev–Trinajstić information content (AvgIpc) is 2.87. The number of halogens is 2. The van der Waals surface area contributed by atoms with Gasteiger partial charge >= 0.3 is 0 Å². The monoisotopic (exact) mass is 320 g/mol. The summed E-state index contributed by atoms with van der Waals surface area (Å²) in [6.45, 7) is 1.98. The molecule has 3 rings (SSSR count). The van der Waals surface area contributed by atoms with Gasteiger partial charge in [-0.2, -0.15) is 0 Å². The molecule has 1 atom stereocenters. The second-order valence-electron chi connectivity index (χ2n) is 5.10. The lowest BCUT2D eigenvalue weighted by atomic mass is 10.1. The molecule has 2 nitrogen and oxygen atoms in total. The highest BCUT2D eigenvalue weighted by atomic mass is 35.5. The predicted octanol–water partition coefficient (Wildman–Crippen LogP) is 5.32. The molecular formula is C17H14Cl2O2. The number of furan rings is 1. The van der Waals surface area contributed by atoms with Crippen LogP contribution in [0.15, 0.2) is 46.9 Å². The topological polar surface area (TPSA) is 33.4 Å². The first kappa shape index (κ1) is 14.5. The SMILES string of the molecule is Cc1cccc2cc(C(O)Cc3ccc(Cl)cc3Cl)oc12. The third-order valence-corrected chi connectivity index (χ3v) is 4.10. The highest BCUT2D eigenvalue weighted by Gasteiger charge is 2.16. The fourth-order valence-electron chi connectivity index (χ4n) is 2.39. The maximum absolute atomic E-state index is 10.4. The molecule has 0 amide bonds. The van der Waals surface area contributed by atoms with Crippen LogP contribution in [0.4, 0.5) is 0 Å². The van der Waals surface area contributed by atoms with Gasteiger partial charge in [-0.05, 0) is 36.2 Å². The minimum atomic E-state index is -0.740. The summed E-state index contributed by atoms with van der Waals surface area (Å²) < 4.78 is 5.78. The van der Waals surface area contributed by atoms with E-state index in [1.807, 2.05) is 37.3 Å². The number of para-hydroxylation sites is 1. The van der Waals surface area contributed by atoms with Crippen LogP contribution in [-0.2, 0) is 6.42 Å². The summed E-state index contributed by atoms with van der Waals surface area (Å²) in [4.78, 5) is 0. The van der Waals surface area contributed by atoms with Crippen LogP contribution >= 0.6 is 23.2 Å². The molecule has 1 aromatic heterocycles. The molecule has 0 saturated heterocycles. The van der Waals surface area contributed by atoms with Gasteiger partial charge in [0.15, 0.2) is 0 Å². The third-order valence-electron chi connectivity index (χ3n) is 3.52. The summed E-state index contributed by atoms with van der Waals surface area (Å²) in [5.41, 5.74) is 2.70. The van der Waals surface area contributed by atoms with Crippen molar-refractivity contribution < 1.29 is 9.52 Å². The Labute approximate surface area is 132 Å². The largest absolute Gasteiger partial charge is 0.458 e. The van der Waals surface area contributed by atoms with Crippen LogP contribution in [0.25, 0.3) is 11.0 Å². The van der Waals surface area contributed by atoms with Crippen LogP contribution in [0, 0.1) is 6.92 Å². The Morgan fingerprint density at radius 1 is 1.14 bits per heavy atom. The smallest absolute Gasteiger partial charge is 0.137 e. The second kappa shape index (κ2) is 5.72. The Morgan fingerprint density at radius 2 is 1.95 bits per heavy atom. The number of aliphatic hydroxyl groups excluding tert-OH is 1. The van der Waals surface area contributed by atoms with Gasteiger partial charge in [0.2, 0.25) is 0 Å². The number of benzene rings is 2. The molecule has 0 aliphatic carbocycles. The predicted molar refractivity (Wildman–Crippen MR) is 86.1 cm³/mol. The molecular weight excluding hydrogens is 307 g/mol. The van der Waals surface area contributed by atoms with Gasteiger partial charge in [-0.25, -0.2) is 0 Å². The first-order valence-corrected chi connectivity index (χ1v) is 7.41. The molecule has 108 valence electrons. The molecule has 2 aromatic carbocycles. The Balaban J connectivity index is 1.90. The lowest BCUT2D eigenvalue weighted by Gasteiger charge is -2.09. The van der Waals surface area contributed by atoms with Crippen LogP contribution in [0.1, 0.15) is 23.0 Å². The summed E-state index contributed by atoms with van der Waals surface area (Å²) in [7, 11) is 0. The normalized spacial score (nSPS) is 12.8. The number of aryl methyl sites for hydroxylation is 1.